The molecule has 0 radical (unpaired) electrons. The Morgan fingerprint density at radius 2 is 2.17 bits per heavy atom. The summed E-state index contributed by atoms with van der Waals surface area (Å²) in [7, 11) is 1.70. The van der Waals surface area contributed by atoms with Crippen molar-refractivity contribution in [3.05, 3.63) is 0 Å². The van der Waals surface area contributed by atoms with E-state index in [1.807, 2.05) is 0 Å². The van der Waals surface area contributed by atoms with Gasteiger partial charge in [0.1, 0.15) is 0 Å². The van der Waals surface area contributed by atoms with Gasteiger partial charge in [-0.1, -0.05) is 20.3 Å². The molecule has 0 aromatic heterocycles. The fourth-order valence-corrected chi connectivity index (χ4v) is 0.947. The maximum absolute atomic E-state index is 5.91. The van der Waals surface area contributed by atoms with Crippen LogP contribution in [0.1, 0.15) is 20.3 Å². The zero-order valence-corrected chi connectivity index (χ0v) is 8.47. The van der Waals surface area contributed by atoms with E-state index in [2.05, 4.69) is 19.2 Å². The smallest absolute Gasteiger partial charge is 0.0587 e. The van der Waals surface area contributed by atoms with Gasteiger partial charge in [-0.15, -0.1) is 0 Å². The molecule has 0 saturated heterocycles. The van der Waals surface area contributed by atoms with Crippen molar-refractivity contribution in [1.29, 1.82) is 0 Å². The standard InChI is InChI=1S/C9H22N2O/c1-4-8(2)9(10)7-11-5-6-12-3/h8-9,11H,4-7,10H2,1-3H3. The number of ether oxygens (including phenoxy) is 1. The highest BCUT2D eigenvalue weighted by molar-refractivity contribution is 4.70. The predicted molar refractivity (Wildman–Crippen MR) is 52.2 cm³/mol. The summed E-state index contributed by atoms with van der Waals surface area (Å²) < 4.78 is 4.91. The first-order chi connectivity index (χ1) is 5.72. The maximum Gasteiger partial charge on any atom is 0.0587 e. The van der Waals surface area contributed by atoms with Gasteiger partial charge in [0.2, 0.25) is 0 Å². The Balaban J connectivity index is 3.24. The van der Waals surface area contributed by atoms with E-state index >= 15 is 0 Å². The normalized spacial score (nSPS) is 16.0. The van der Waals surface area contributed by atoms with Crippen LogP contribution in [0.2, 0.25) is 0 Å². The van der Waals surface area contributed by atoms with Crippen molar-refractivity contribution in [1.82, 2.24) is 5.32 Å². The molecule has 3 heteroatoms. The van der Waals surface area contributed by atoms with Gasteiger partial charge in [-0.3, -0.25) is 0 Å². The minimum absolute atomic E-state index is 0.270. The highest BCUT2D eigenvalue weighted by Gasteiger charge is 2.08. The number of nitrogens with two attached hydrogens (primary N) is 1. The molecule has 2 unspecified atom stereocenters. The van der Waals surface area contributed by atoms with Crippen molar-refractivity contribution in [2.75, 3.05) is 26.8 Å². The average Bonchev–Trinajstić information content (AvgIpc) is 2.10. The Hall–Kier alpha value is -0.120. The average molecular weight is 174 g/mol. The summed E-state index contributed by atoms with van der Waals surface area (Å²) in [6.07, 6.45) is 1.15. The molecule has 0 aliphatic rings. The zero-order valence-electron chi connectivity index (χ0n) is 8.47. The summed E-state index contributed by atoms with van der Waals surface area (Å²) in [5.74, 6) is 0.597. The molecule has 0 amide bonds. The minimum Gasteiger partial charge on any atom is -0.383 e. The summed E-state index contributed by atoms with van der Waals surface area (Å²) in [6, 6.07) is 0.270. The lowest BCUT2D eigenvalue weighted by Gasteiger charge is -2.18. The number of nitrogens with one attached hydrogen (secondary N) is 1. The van der Waals surface area contributed by atoms with E-state index in [0.717, 1.165) is 26.1 Å². The van der Waals surface area contributed by atoms with Crippen LogP contribution in [-0.2, 0) is 4.74 Å². The van der Waals surface area contributed by atoms with Crippen molar-refractivity contribution in [2.45, 2.75) is 26.3 Å². The number of hydrogen-bond acceptors (Lipinski definition) is 3. The molecule has 0 spiro atoms. The van der Waals surface area contributed by atoms with Crippen molar-refractivity contribution in [3.8, 4) is 0 Å². The fourth-order valence-electron chi connectivity index (χ4n) is 0.947. The molecule has 0 saturated carbocycles. The van der Waals surface area contributed by atoms with Crippen LogP contribution < -0.4 is 11.1 Å². The minimum atomic E-state index is 0.270. The molecule has 0 aromatic rings. The molecule has 3 N–H and O–H groups in total. The lowest BCUT2D eigenvalue weighted by molar-refractivity contribution is 0.198. The third-order valence-electron chi connectivity index (χ3n) is 2.24. The van der Waals surface area contributed by atoms with Crippen LogP contribution in [0.15, 0.2) is 0 Å². The van der Waals surface area contributed by atoms with Crippen molar-refractivity contribution < 1.29 is 4.74 Å². The lowest BCUT2D eigenvalue weighted by atomic mass is 10.0. The van der Waals surface area contributed by atoms with E-state index in [-0.39, 0.29) is 6.04 Å². The molecular weight excluding hydrogens is 152 g/mol. The quantitative estimate of drug-likeness (QED) is 0.555. The van der Waals surface area contributed by atoms with Crippen LogP contribution in [0.25, 0.3) is 0 Å². The highest BCUT2D eigenvalue weighted by Crippen LogP contribution is 2.03. The number of methoxy groups -OCH3 is 1. The van der Waals surface area contributed by atoms with Crippen LogP contribution in [-0.4, -0.2) is 32.8 Å². The van der Waals surface area contributed by atoms with Gasteiger partial charge in [0.05, 0.1) is 6.61 Å². The summed E-state index contributed by atoms with van der Waals surface area (Å²) >= 11 is 0. The second kappa shape index (κ2) is 7.53. The summed E-state index contributed by atoms with van der Waals surface area (Å²) in [6.45, 7) is 6.88. The van der Waals surface area contributed by atoms with Gasteiger partial charge >= 0.3 is 0 Å². The third kappa shape index (κ3) is 5.52. The molecule has 2 atom stereocenters. The van der Waals surface area contributed by atoms with Crippen LogP contribution in [0, 0.1) is 5.92 Å². The number of rotatable bonds is 7. The Labute approximate surface area is 75.7 Å². The molecule has 0 heterocycles. The molecule has 12 heavy (non-hydrogen) atoms. The highest BCUT2D eigenvalue weighted by atomic mass is 16.5. The van der Waals surface area contributed by atoms with E-state index in [1.165, 1.54) is 0 Å². The molecule has 0 fully saturated rings. The lowest BCUT2D eigenvalue weighted by Crippen LogP contribution is -2.39. The van der Waals surface area contributed by atoms with E-state index in [1.54, 1.807) is 7.11 Å². The molecule has 0 rings (SSSR count). The van der Waals surface area contributed by atoms with E-state index < -0.39 is 0 Å². The van der Waals surface area contributed by atoms with Gasteiger partial charge < -0.3 is 15.8 Å². The Morgan fingerprint density at radius 3 is 2.67 bits per heavy atom. The molecule has 0 bridgehead atoms. The second-order valence-corrected chi connectivity index (χ2v) is 3.25. The molecule has 0 aromatic carbocycles. The zero-order chi connectivity index (χ0) is 9.40. The first-order valence-corrected chi connectivity index (χ1v) is 4.67. The number of hydrogen-bond donors (Lipinski definition) is 2. The monoisotopic (exact) mass is 174 g/mol. The van der Waals surface area contributed by atoms with Gasteiger partial charge in [-0.2, -0.15) is 0 Å². The van der Waals surface area contributed by atoms with Gasteiger partial charge in [-0.25, -0.2) is 0 Å². The van der Waals surface area contributed by atoms with E-state index in [4.69, 9.17) is 10.5 Å². The van der Waals surface area contributed by atoms with Crippen molar-refractivity contribution in [2.24, 2.45) is 11.7 Å². The first-order valence-electron chi connectivity index (χ1n) is 4.67. The molecule has 0 aliphatic heterocycles. The third-order valence-corrected chi connectivity index (χ3v) is 2.24. The first kappa shape index (κ1) is 11.9. The van der Waals surface area contributed by atoms with Crippen LogP contribution >= 0.6 is 0 Å². The van der Waals surface area contributed by atoms with Gasteiger partial charge in [0.25, 0.3) is 0 Å². The largest absolute Gasteiger partial charge is 0.383 e. The van der Waals surface area contributed by atoms with Crippen LogP contribution in [0.4, 0.5) is 0 Å². The molecule has 3 nitrogen and oxygen atoms in total. The van der Waals surface area contributed by atoms with Gasteiger partial charge in [-0.05, 0) is 5.92 Å². The SMILES string of the molecule is CCC(C)C(N)CNCCOC. The predicted octanol–water partition coefficient (Wildman–Crippen LogP) is 0.596. The summed E-state index contributed by atoms with van der Waals surface area (Å²) in [5.41, 5.74) is 5.91. The van der Waals surface area contributed by atoms with Crippen molar-refractivity contribution >= 4 is 0 Å². The maximum atomic E-state index is 5.91. The molecule has 0 aliphatic carbocycles. The van der Waals surface area contributed by atoms with E-state index in [9.17, 15) is 0 Å². The topological polar surface area (TPSA) is 47.3 Å². The Kier molecular flexibility index (Phi) is 7.45. The van der Waals surface area contributed by atoms with Gasteiger partial charge in [0, 0.05) is 26.2 Å². The molecular formula is C9H22N2O. The Bertz CT molecular complexity index is 98.5. The Morgan fingerprint density at radius 1 is 1.50 bits per heavy atom. The van der Waals surface area contributed by atoms with Gasteiger partial charge in [0.15, 0.2) is 0 Å². The van der Waals surface area contributed by atoms with Crippen LogP contribution in [0.5, 0.6) is 0 Å². The van der Waals surface area contributed by atoms with E-state index in [0.29, 0.717) is 5.92 Å². The summed E-state index contributed by atoms with van der Waals surface area (Å²) in [4.78, 5) is 0. The molecule has 74 valence electrons. The fraction of sp³-hybridized carbons (Fsp3) is 1.00. The second-order valence-electron chi connectivity index (χ2n) is 3.25. The summed E-state index contributed by atoms with van der Waals surface area (Å²) in [5, 5.41) is 3.25. The van der Waals surface area contributed by atoms with Crippen LogP contribution in [0.3, 0.4) is 0 Å². The van der Waals surface area contributed by atoms with Crippen molar-refractivity contribution in [3.63, 3.8) is 0 Å².